The Morgan fingerprint density at radius 2 is 1.79 bits per heavy atom. The maximum Gasteiger partial charge on any atom is 0.266 e. The number of piperidine rings is 1. The summed E-state index contributed by atoms with van der Waals surface area (Å²) in [4.78, 5) is 23.9. The van der Waals surface area contributed by atoms with Crippen LogP contribution in [0.3, 0.4) is 0 Å². The zero-order valence-electron chi connectivity index (χ0n) is 19.7. The maximum absolute atomic E-state index is 13.2. The Balaban J connectivity index is 1.18. The number of carbonyl (C=O) groups excluding carboxylic acids is 1. The van der Waals surface area contributed by atoms with Gasteiger partial charge in [0, 0.05) is 50.9 Å². The second kappa shape index (κ2) is 9.26. The molecule has 0 unspecified atom stereocenters. The molecule has 0 radical (unpaired) electrons. The van der Waals surface area contributed by atoms with Crippen LogP contribution in [0.2, 0.25) is 0 Å². The van der Waals surface area contributed by atoms with Gasteiger partial charge in [-0.05, 0) is 56.0 Å². The van der Waals surface area contributed by atoms with Gasteiger partial charge in [-0.25, -0.2) is 0 Å². The fourth-order valence-electron chi connectivity index (χ4n) is 4.94. The number of amides is 1. The standard InChI is InChI=1S/C26H29N5O3/c1-18-5-3-6-22(19(18)2)29-12-14-30(15-13-29)25(32)20-8-10-31(11-9-20)26-21(17-27)28-24(34-26)23-7-4-16-33-23/h3-7,16,20H,8-15H2,1-2H3. The Hall–Kier alpha value is -3.73. The first kappa shape index (κ1) is 22.1. The topological polar surface area (TPSA) is 89.8 Å². The molecular formula is C26H29N5O3. The van der Waals surface area contributed by atoms with Gasteiger partial charge in [0.25, 0.3) is 5.89 Å². The SMILES string of the molecule is Cc1cccc(N2CCN(C(=O)C3CCN(c4oc(-c5ccco5)nc4C#N)CC3)CC2)c1C. The van der Waals surface area contributed by atoms with E-state index in [9.17, 15) is 10.1 Å². The van der Waals surface area contributed by atoms with Gasteiger partial charge >= 0.3 is 0 Å². The van der Waals surface area contributed by atoms with Crippen molar-refractivity contribution in [1.82, 2.24) is 9.88 Å². The third-order valence-corrected chi connectivity index (χ3v) is 7.09. The van der Waals surface area contributed by atoms with E-state index in [1.54, 1.807) is 18.4 Å². The third-order valence-electron chi connectivity index (χ3n) is 7.09. The molecule has 8 nitrogen and oxygen atoms in total. The van der Waals surface area contributed by atoms with E-state index in [0.29, 0.717) is 30.6 Å². The van der Waals surface area contributed by atoms with Crippen molar-refractivity contribution in [3.05, 3.63) is 53.4 Å². The van der Waals surface area contributed by atoms with Crippen LogP contribution in [0.15, 0.2) is 45.4 Å². The van der Waals surface area contributed by atoms with Crippen LogP contribution in [0.1, 0.15) is 29.7 Å². The van der Waals surface area contributed by atoms with E-state index in [4.69, 9.17) is 8.83 Å². The minimum Gasteiger partial charge on any atom is -0.459 e. The third kappa shape index (κ3) is 4.14. The van der Waals surface area contributed by atoms with Crippen LogP contribution in [-0.4, -0.2) is 55.1 Å². The van der Waals surface area contributed by atoms with Crippen molar-refractivity contribution in [3.8, 4) is 17.7 Å². The maximum atomic E-state index is 13.2. The fraction of sp³-hybridized carbons (Fsp3) is 0.423. The molecule has 34 heavy (non-hydrogen) atoms. The first-order valence-corrected chi connectivity index (χ1v) is 11.8. The van der Waals surface area contributed by atoms with Gasteiger partial charge < -0.3 is 23.5 Å². The second-order valence-electron chi connectivity index (χ2n) is 9.05. The number of nitrogens with zero attached hydrogens (tertiary/aromatic N) is 5. The van der Waals surface area contributed by atoms with E-state index in [1.165, 1.54) is 16.8 Å². The molecule has 3 aromatic rings. The number of aromatic nitrogens is 1. The predicted molar refractivity (Wildman–Crippen MR) is 129 cm³/mol. The van der Waals surface area contributed by atoms with Crippen molar-refractivity contribution in [2.45, 2.75) is 26.7 Å². The smallest absolute Gasteiger partial charge is 0.266 e. The summed E-state index contributed by atoms with van der Waals surface area (Å²) in [7, 11) is 0. The number of benzene rings is 1. The van der Waals surface area contributed by atoms with Crippen LogP contribution in [0.25, 0.3) is 11.7 Å². The molecule has 0 aliphatic carbocycles. The number of hydrogen-bond acceptors (Lipinski definition) is 7. The van der Waals surface area contributed by atoms with E-state index in [-0.39, 0.29) is 17.5 Å². The zero-order chi connectivity index (χ0) is 23.7. The largest absolute Gasteiger partial charge is 0.459 e. The van der Waals surface area contributed by atoms with Crippen LogP contribution < -0.4 is 9.80 Å². The van der Waals surface area contributed by atoms with Gasteiger partial charge in [-0.2, -0.15) is 10.2 Å². The normalized spacial score (nSPS) is 17.1. The average Bonchev–Trinajstić information content (AvgIpc) is 3.56. The highest BCUT2D eigenvalue weighted by molar-refractivity contribution is 5.79. The van der Waals surface area contributed by atoms with Crippen LogP contribution in [0, 0.1) is 31.1 Å². The highest BCUT2D eigenvalue weighted by atomic mass is 16.4. The van der Waals surface area contributed by atoms with E-state index >= 15 is 0 Å². The lowest BCUT2D eigenvalue weighted by Gasteiger charge is -2.39. The molecule has 1 aromatic carbocycles. The number of furan rings is 1. The predicted octanol–water partition coefficient (Wildman–Crippen LogP) is 3.99. The summed E-state index contributed by atoms with van der Waals surface area (Å²) in [6.45, 7) is 8.82. The Morgan fingerprint density at radius 3 is 2.47 bits per heavy atom. The molecule has 0 N–H and O–H groups in total. The van der Waals surface area contributed by atoms with Crippen LogP contribution in [-0.2, 0) is 4.79 Å². The molecule has 4 heterocycles. The Labute approximate surface area is 199 Å². The summed E-state index contributed by atoms with van der Waals surface area (Å²) < 4.78 is 11.2. The van der Waals surface area contributed by atoms with Crippen LogP contribution in [0.4, 0.5) is 11.6 Å². The summed E-state index contributed by atoms with van der Waals surface area (Å²) in [6.07, 6.45) is 3.01. The molecule has 2 fully saturated rings. The van der Waals surface area contributed by atoms with Gasteiger partial charge in [-0.1, -0.05) is 12.1 Å². The summed E-state index contributed by atoms with van der Waals surface area (Å²) in [5, 5.41) is 9.51. The lowest BCUT2D eigenvalue weighted by atomic mass is 9.95. The number of piperazine rings is 1. The van der Waals surface area contributed by atoms with Gasteiger partial charge in [0.2, 0.25) is 17.5 Å². The number of rotatable bonds is 4. The Bertz CT molecular complexity index is 1190. The molecule has 176 valence electrons. The number of anilines is 2. The van der Waals surface area contributed by atoms with Gasteiger partial charge in [-0.15, -0.1) is 0 Å². The summed E-state index contributed by atoms with van der Waals surface area (Å²) in [6, 6.07) is 12.0. The molecule has 2 aliphatic heterocycles. The number of nitriles is 1. The molecule has 2 saturated heterocycles. The van der Waals surface area contributed by atoms with Gasteiger partial charge in [0.15, 0.2) is 5.76 Å². The number of carbonyl (C=O) groups is 1. The quantitative estimate of drug-likeness (QED) is 0.583. The lowest BCUT2D eigenvalue weighted by Crippen LogP contribution is -2.52. The molecule has 2 aromatic heterocycles. The molecular weight excluding hydrogens is 430 g/mol. The molecule has 1 amide bonds. The molecule has 0 spiro atoms. The highest BCUT2D eigenvalue weighted by Crippen LogP contribution is 2.32. The van der Waals surface area contributed by atoms with Crippen LogP contribution >= 0.6 is 0 Å². The minimum absolute atomic E-state index is 0.00140. The van der Waals surface area contributed by atoms with Crippen molar-refractivity contribution >= 4 is 17.5 Å². The molecule has 0 atom stereocenters. The Kier molecular flexibility index (Phi) is 6.01. The molecule has 8 heteroatoms. The number of aryl methyl sites for hydroxylation is 1. The van der Waals surface area contributed by atoms with Gasteiger partial charge in [0.1, 0.15) is 6.07 Å². The van der Waals surface area contributed by atoms with E-state index < -0.39 is 0 Å². The zero-order valence-corrected chi connectivity index (χ0v) is 19.7. The number of hydrogen-bond donors (Lipinski definition) is 0. The Morgan fingerprint density at radius 1 is 1.03 bits per heavy atom. The summed E-state index contributed by atoms with van der Waals surface area (Å²) in [5.74, 6) is 1.50. The fourth-order valence-corrected chi connectivity index (χ4v) is 4.94. The van der Waals surface area contributed by atoms with E-state index in [2.05, 4.69) is 48.0 Å². The minimum atomic E-state index is 0.00140. The van der Waals surface area contributed by atoms with Crippen molar-refractivity contribution in [3.63, 3.8) is 0 Å². The first-order chi connectivity index (χ1) is 16.5. The number of oxazole rings is 1. The average molecular weight is 460 g/mol. The van der Waals surface area contributed by atoms with E-state index in [1.807, 2.05) is 9.80 Å². The molecule has 5 rings (SSSR count). The summed E-state index contributed by atoms with van der Waals surface area (Å²) in [5.41, 5.74) is 4.13. The van der Waals surface area contributed by atoms with Crippen molar-refractivity contribution in [2.24, 2.45) is 5.92 Å². The van der Waals surface area contributed by atoms with Crippen molar-refractivity contribution in [1.29, 1.82) is 5.26 Å². The van der Waals surface area contributed by atoms with Crippen molar-refractivity contribution < 1.29 is 13.6 Å². The van der Waals surface area contributed by atoms with Gasteiger partial charge in [0.05, 0.1) is 6.26 Å². The van der Waals surface area contributed by atoms with Crippen LogP contribution in [0.5, 0.6) is 0 Å². The van der Waals surface area contributed by atoms with Crippen molar-refractivity contribution in [2.75, 3.05) is 49.1 Å². The van der Waals surface area contributed by atoms with Gasteiger partial charge in [-0.3, -0.25) is 4.79 Å². The summed E-state index contributed by atoms with van der Waals surface area (Å²) >= 11 is 0. The first-order valence-electron chi connectivity index (χ1n) is 11.8. The highest BCUT2D eigenvalue weighted by Gasteiger charge is 2.33. The lowest BCUT2D eigenvalue weighted by molar-refractivity contribution is -0.136. The second-order valence-corrected chi connectivity index (χ2v) is 9.05. The van der Waals surface area contributed by atoms with E-state index in [0.717, 1.165) is 39.0 Å². The monoisotopic (exact) mass is 459 g/mol. The molecule has 0 saturated carbocycles. The molecule has 0 bridgehead atoms. The molecule has 2 aliphatic rings.